The molecular weight excluding hydrogens is 264 g/mol. The number of benzene rings is 1. The molecule has 0 spiro atoms. The largest absolute Gasteiger partial charge is 0.329 e. The average Bonchev–Trinajstić information content (AvgIpc) is 2.87. The first-order chi connectivity index (χ1) is 10.1. The van der Waals surface area contributed by atoms with E-state index in [2.05, 4.69) is 28.6 Å². The smallest absolute Gasteiger partial charge is 0.254 e. The number of hydrogen-bond donors (Lipinski definition) is 0. The average molecular weight is 284 g/mol. The van der Waals surface area contributed by atoms with E-state index in [1.165, 1.54) is 5.56 Å². The third-order valence-electron chi connectivity index (χ3n) is 4.05. The summed E-state index contributed by atoms with van der Waals surface area (Å²) < 4.78 is 2.08. The fraction of sp³-hybridized carbons (Fsp3) is 0.438. The molecule has 110 valence electrons. The maximum Gasteiger partial charge on any atom is 0.254 e. The fourth-order valence-corrected chi connectivity index (χ4v) is 2.67. The van der Waals surface area contributed by atoms with E-state index >= 15 is 0 Å². The predicted octanol–water partition coefficient (Wildman–Crippen LogP) is 2.37. The molecule has 1 aromatic carbocycles. The quantitative estimate of drug-likeness (QED) is 0.850. The number of fused-ring (bicyclic) bond motifs is 1. The molecule has 0 saturated heterocycles. The molecule has 0 atom stereocenters. The third-order valence-corrected chi connectivity index (χ3v) is 4.05. The summed E-state index contributed by atoms with van der Waals surface area (Å²) in [6.07, 6.45) is 0. The van der Waals surface area contributed by atoms with Gasteiger partial charge in [0, 0.05) is 18.7 Å². The highest BCUT2D eigenvalue weighted by Gasteiger charge is 2.24. The van der Waals surface area contributed by atoms with Gasteiger partial charge in [-0.3, -0.25) is 4.79 Å². The van der Waals surface area contributed by atoms with Gasteiger partial charge in [-0.1, -0.05) is 26.0 Å². The minimum absolute atomic E-state index is 0.0669. The number of aromatic nitrogens is 3. The van der Waals surface area contributed by atoms with Crippen LogP contribution < -0.4 is 0 Å². The Morgan fingerprint density at radius 2 is 1.86 bits per heavy atom. The summed E-state index contributed by atoms with van der Waals surface area (Å²) in [5.74, 6) is 2.33. The van der Waals surface area contributed by atoms with Crippen LogP contribution in [0.4, 0.5) is 0 Å². The zero-order chi connectivity index (χ0) is 15.0. The molecule has 2 aromatic rings. The van der Waals surface area contributed by atoms with Crippen LogP contribution in [0.25, 0.3) is 0 Å². The van der Waals surface area contributed by atoms with Crippen LogP contribution in [-0.2, 0) is 13.1 Å². The summed E-state index contributed by atoms with van der Waals surface area (Å²) >= 11 is 0. The van der Waals surface area contributed by atoms with E-state index in [4.69, 9.17) is 0 Å². The molecule has 0 saturated carbocycles. The Balaban J connectivity index is 1.77. The third kappa shape index (κ3) is 2.55. The molecule has 1 amide bonds. The van der Waals surface area contributed by atoms with Crippen molar-refractivity contribution in [2.45, 2.75) is 39.8 Å². The van der Waals surface area contributed by atoms with Gasteiger partial charge in [-0.05, 0) is 30.5 Å². The molecule has 0 radical (unpaired) electrons. The molecule has 5 nitrogen and oxygen atoms in total. The molecule has 1 aliphatic heterocycles. The van der Waals surface area contributed by atoms with Crippen molar-refractivity contribution in [1.82, 2.24) is 19.7 Å². The lowest BCUT2D eigenvalue weighted by molar-refractivity contribution is 0.0706. The summed E-state index contributed by atoms with van der Waals surface area (Å²) in [7, 11) is 0. The monoisotopic (exact) mass is 284 g/mol. The van der Waals surface area contributed by atoms with Gasteiger partial charge in [-0.2, -0.15) is 0 Å². The number of carbonyl (C=O) groups excluding carboxylic acids is 1. The summed E-state index contributed by atoms with van der Waals surface area (Å²) in [6, 6.07) is 7.91. The van der Waals surface area contributed by atoms with Gasteiger partial charge in [0.2, 0.25) is 0 Å². The van der Waals surface area contributed by atoms with E-state index in [9.17, 15) is 4.79 Å². The minimum atomic E-state index is 0.0669. The molecule has 0 unspecified atom stereocenters. The Morgan fingerprint density at radius 3 is 2.52 bits per heavy atom. The summed E-state index contributed by atoms with van der Waals surface area (Å²) in [5, 5.41) is 8.21. The number of carbonyl (C=O) groups is 1. The van der Waals surface area contributed by atoms with Crippen LogP contribution in [0.1, 0.15) is 47.3 Å². The molecule has 0 N–H and O–H groups in total. The molecule has 5 heteroatoms. The molecule has 0 fully saturated rings. The van der Waals surface area contributed by atoms with Gasteiger partial charge in [0.1, 0.15) is 5.82 Å². The zero-order valence-corrected chi connectivity index (χ0v) is 12.7. The van der Waals surface area contributed by atoms with Crippen molar-refractivity contribution >= 4 is 5.91 Å². The maximum absolute atomic E-state index is 12.6. The van der Waals surface area contributed by atoms with Gasteiger partial charge < -0.3 is 9.47 Å². The molecule has 21 heavy (non-hydrogen) atoms. The normalized spacial score (nSPS) is 14.4. The Bertz CT molecular complexity index is 657. The van der Waals surface area contributed by atoms with Crippen LogP contribution in [0.2, 0.25) is 0 Å². The van der Waals surface area contributed by atoms with Crippen molar-refractivity contribution in [3.05, 3.63) is 47.0 Å². The van der Waals surface area contributed by atoms with E-state index in [0.717, 1.165) is 23.8 Å². The van der Waals surface area contributed by atoms with Crippen LogP contribution >= 0.6 is 0 Å². The van der Waals surface area contributed by atoms with Gasteiger partial charge in [0.05, 0.1) is 6.54 Å². The van der Waals surface area contributed by atoms with Crippen molar-refractivity contribution in [2.75, 3.05) is 6.54 Å². The molecule has 1 aromatic heterocycles. The lowest BCUT2D eigenvalue weighted by Crippen LogP contribution is -2.38. The lowest BCUT2D eigenvalue weighted by atomic mass is 10.0. The molecule has 0 bridgehead atoms. The van der Waals surface area contributed by atoms with Crippen LogP contribution in [0.15, 0.2) is 24.3 Å². The molecule has 0 aliphatic carbocycles. The van der Waals surface area contributed by atoms with Gasteiger partial charge in [-0.15, -0.1) is 10.2 Å². The fourth-order valence-electron chi connectivity index (χ4n) is 2.67. The minimum Gasteiger partial charge on any atom is -0.329 e. The van der Waals surface area contributed by atoms with Crippen molar-refractivity contribution in [3.63, 3.8) is 0 Å². The lowest BCUT2D eigenvalue weighted by Gasteiger charge is -2.27. The first kappa shape index (κ1) is 13.8. The second-order valence-corrected chi connectivity index (χ2v) is 5.82. The van der Waals surface area contributed by atoms with Crippen molar-refractivity contribution in [1.29, 1.82) is 0 Å². The van der Waals surface area contributed by atoms with Crippen LogP contribution in [0.3, 0.4) is 0 Å². The van der Waals surface area contributed by atoms with E-state index < -0.39 is 0 Å². The summed E-state index contributed by atoms with van der Waals surface area (Å²) in [6.45, 7) is 8.25. The number of rotatable bonds is 2. The topological polar surface area (TPSA) is 51.0 Å². The number of nitrogens with zero attached hydrogens (tertiary/aromatic N) is 4. The van der Waals surface area contributed by atoms with Crippen LogP contribution in [0, 0.1) is 6.92 Å². The SMILES string of the molecule is Cc1nnc2n1CCN(C(=O)c1ccc(C(C)C)cc1)C2. The number of amides is 1. The highest BCUT2D eigenvalue weighted by Crippen LogP contribution is 2.18. The highest BCUT2D eigenvalue weighted by molar-refractivity contribution is 5.94. The van der Waals surface area contributed by atoms with E-state index in [0.29, 0.717) is 19.0 Å². The number of aryl methyl sites for hydroxylation is 1. The molecule has 2 heterocycles. The number of hydrogen-bond acceptors (Lipinski definition) is 3. The van der Waals surface area contributed by atoms with Crippen molar-refractivity contribution in [2.24, 2.45) is 0 Å². The zero-order valence-electron chi connectivity index (χ0n) is 12.7. The second-order valence-electron chi connectivity index (χ2n) is 5.82. The Hall–Kier alpha value is -2.17. The van der Waals surface area contributed by atoms with Crippen LogP contribution in [0.5, 0.6) is 0 Å². The summed E-state index contributed by atoms with van der Waals surface area (Å²) in [4.78, 5) is 14.4. The Labute approximate surface area is 124 Å². The highest BCUT2D eigenvalue weighted by atomic mass is 16.2. The van der Waals surface area contributed by atoms with Gasteiger partial charge >= 0.3 is 0 Å². The van der Waals surface area contributed by atoms with Gasteiger partial charge in [-0.25, -0.2) is 0 Å². The van der Waals surface area contributed by atoms with Gasteiger partial charge in [0.15, 0.2) is 5.82 Å². The summed E-state index contributed by atoms with van der Waals surface area (Å²) in [5.41, 5.74) is 1.99. The van der Waals surface area contributed by atoms with Crippen molar-refractivity contribution in [3.8, 4) is 0 Å². The first-order valence-electron chi connectivity index (χ1n) is 7.34. The second kappa shape index (κ2) is 5.31. The van der Waals surface area contributed by atoms with Gasteiger partial charge in [0.25, 0.3) is 5.91 Å². The molecule has 3 rings (SSSR count). The van der Waals surface area contributed by atoms with E-state index in [1.807, 2.05) is 36.1 Å². The standard InChI is InChI=1S/C16H20N4O/c1-11(2)13-4-6-14(7-5-13)16(21)19-8-9-20-12(3)17-18-15(20)10-19/h4-7,11H,8-10H2,1-3H3. The van der Waals surface area contributed by atoms with Crippen molar-refractivity contribution < 1.29 is 4.79 Å². The predicted molar refractivity (Wildman–Crippen MR) is 80.0 cm³/mol. The van der Waals surface area contributed by atoms with E-state index in [-0.39, 0.29) is 5.91 Å². The first-order valence-corrected chi connectivity index (χ1v) is 7.34. The van der Waals surface area contributed by atoms with Crippen LogP contribution in [-0.4, -0.2) is 32.1 Å². The molecular formula is C16H20N4O. The maximum atomic E-state index is 12.6. The Kier molecular flexibility index (Phi) is 3.49. The molecule has 1 aliphatic rings. The van der Waals surface area contributed by atoms with E-state index in [1.54, 1.807) is 0 Å². The Morgan fingerprint density at radius 1 is 1.14 bits per heavy atom.